The van der Waals surface area contributed by atoms with Crippen molar-refractivity contribution < 1.29 is 0 Å². The number of benzene rings is 1. The number of nitrogens with zero attached hydrogens (tertiary/aromatic N) is 2. The quantitative estimate of drug-likeness (QED) is 0.867. The normalized spacial score (nSPS) is 17.1. The highest BCUT2D eigenvalue weighted by Gasteiger charge is 2.17. The third-order valence-electron chi connectivity index (χ3n) is 3.63. The van der Waals surface area contributed by atoms with Crippen molar-refractivity contribution in [2.75, 3.05) is 31.1 Å². The van der Waals surface area contributed by atoms with Crippen molar-refractivity contribution in [3.05, 3.63) is 23.8 Å². The van der Waals surface area contributed by atoms with Gasteiger partial charge >= 0.3 is 0 Å². The summed E-state index contributed by atoms with van der Waals surface area (Å²) in [5.74, 6) is 0. The largest absolute Gasteiger partial charge is 0.346 e. The number of hydrogen-bond donors (Lipinski definition) is 1. The molecular weight excluding hydrogens is 254 g/mol. The number of hydrogen-bond acceptors (Lipinski definition) is 4. The molecule has 1 N–H and O–H groups in total. The topological polar surface area (TPSA) is 28.2 Å². The molecule has 0 bridgehead atoms. The van der Waals surface area contributed by atoms with Gasteiger partial charge < -0.3 is 10.2 Å². The molecule has 0 aliphatic carbocycles. The Kier molecular flexibility index (Phi) is 3.23. The van der Waals surface area contributed by atoms with Gasteiger partial charge in [-0.25, -0.2) is 4.98 Å². The summed E-state index contributed by atoms with van der Waals surface area (Å²) in [7, 11) is 0. The fourth-order valence-corrected chi connectivity index (χ4v) is 3.37. The zero-order valence-corrected chi connectivity index (χ0v) is 12.7. The zero-order valence-electron chi connectivity index (χ0n) is 11.9. The average Bonchev–Trinajstić information content (AvgIpc) is 2.81. The maximum atomic E-state index is 4.83. The van der Waals surface area contributed by atoms with Crippen LogP contribution < -0.4 is 10.2 Å². The van der Waals surface area contributed by atoms with E-state index in [4.69, 9.17) is 4.98 Å². The number of thiazole rings is 1. The number of piperazine rings is 1. The van der Waals surface area contributed by atoms with E-state index in [0.717, 1.165) is 31.7 Å². The number of fused-ring (bicyclic) bond motifs is 1. The van der Waals surface area contributed by atoms with E-state index in [1.54, 1.807) is 0 Å². The monoisotopic (exact) mass is 275 g/mol. The van der Waals surface area contributed by atoms with Crippen molar-refractivity contribution >= 4 is 26.7 Å². The van der Waals surface area contributed by atoms with Crippen LogP contribution in [0, 0.1) is 0 Å². The van der Waals surface area contributed by atoms with Gasteiger partial charge in [-0.05, 0) is 23.1 Å². The molecule has 1 aliphatic rings. The van der Waals surface area contributed by atoms with E-state index in [-0.39, 0.29) is 5.41 Å². The molecule has 102 valence electrons. The van der Waals surface area contributed by atoms with Gasteiger partial charge in [0, 0.05) is 26.2 Å². The number of anilines is 1. The molecule has 0 amide bonds. The minimum Gasteiger partial charge on any atom is -0.346 e. The average molecular weight is 275 g/mol. The molecule has 0 atom stereocenters. The van der Waals surface area contributed by atoms with Crippen LogP contribution in [0.4, 0.5) is 5.13 Å². The van der Waals surface area contributed by atoms with Crippen LogP contribution in [0.3, 0.4) is 0 Å². The van der Waals surface area contributed by atoms with E-state index in [1.165, 1.54) is 15.4 Å². The second-order valence-corrected chi connectivity index (χ2v) is 7.18. The molecule has 1 saturated heterocycles. The van der Waals surface area contributed by atoms with Crippen LogP contribution in [0.1, 0.15) is 26.3 Å². The fourth-order valence-electron chi connectivity index (χ4n) is 2.37. The van der Waals surface area contributed by atoms with Gasteiger partial charge in [0.2, 0.25) is 0 Å². The van der Waals surface area contributed by atoms with Crippen LogP contribution in [0.2, 0.25) is 0 Å². The van der Waals surface area contributed by atoms with Crippen molar-refractivity contribution in [1.29, 1.82) is 0 Å². The maximum Gasteiger partial charge on any atom is 0.186 e. The Morgan fingerprint density at radius 1 is 1.21 bits per heavy atom. The molecule has 4 heteroatoms. The van der Waals surface area contributed by atoms with E-state index < -0.39 is 0 Å². The van der Waals surface area contributed by atoms with E-state index in [1.807, 2.05) is 11.3 Å². The van der Waals surface area contributed by atoms with Gasteiger partial charge in [-0.2, -0.15) is 0 Å². The molecule has 0 spiro atoms. The van der Waals surface area contributed by atoms with Gasteiger partial charge in [-0.3, -0.25) is 0 Å². The Hall–Kier alpha value is -1.13. The third kappa shape index (κ3) is 2.60. The molecule has 3 nitrogen and oxygen atoms in total. The molecule has 0 saturated carbocycles. The lowest BCUT2D eigenvalue weighted by molar-refractivity contribution is 0.588. The zero-order chi connectivity index (χ0) is 13.5. The van der Waals surface area contributed by atoms with Crippen molar-refractivity contribution in [1.82, 2.24) is 10.3 Å². The van der Waals surface area contributed by atoms with E-state index in [2.05, 4.69) is 49.2 Å². The summed E-state index contributed by atoms with van der Waals surface area (Å²) in [5.41, 5.74) is 2.69. The maximum absolute atomic E-state index is 4.83. The molecular formula is C15H21N3S. The summed E-state index contributed by atoms with van der Waals surface area (Å²) >= 11 is 1.81. The molecule has 1 aliphatic heterocycles. The Balaban J connectivity index is 1.96. The summed E-state index contributed by atoms with van der Waals surface area (Å²) in [6.45, 7) is 11.0. The molecule has 2 heterocycles. The van der Waals surface area contributed by atoms with Gasteiger partial charge in [0.25, 0.3) is 0 Å². The van der Waals surface area contributed by atoms with Gasteiger partial charge in [0.1, 0.15) is 0 Å². The molecule has 0 radical (unpaired) electrons. The minimum atomic E-state index is 0.188. The summed E-state index contributed by atoms with van der Waals surface area (Å²) in [6.07, 6.45) is 0. The SMILES string of the molecule is CC(C)(C)c1ccc2sc(N3CCNCC3)nc2c1. The number of aromatic nitrogens is 1. The lowest BCUT2D eigenvalue weighted by Crippen LogP contribution is -2.43. The van der Waals surface area contributed by atoms with E-state index >= 15 is 0 Å². The van der Waals surface area contributed by atoms with Gasteiger partial charge in [-0.1, -0.05) is 38.2 Å². The molecule has 2 aromatic rings. The molecule has 1 aromatic heterocycles. The predicted molar refractivity (Wildman–Crippen MR) is 83.4 cm³/mol. The molecule has 3 rings (SSSR count). The summed E-state index contributed by atoms with van der Waals surface area (Å²) < 4.78 is 1.29. The number of rotatable bonds is 1. The summed E-state index contributed by atoms with van der Waals surface area (Å²) in [4.78, 5) is 7.21. The second-order valence-electron chi connectivity index (χ2n) is 6.17. The number of nitrogens with one attached hydrogen (secondary N) is 1. The lowest BCUT2D eigenvalue weighted by atomic mass is 9.87. The Morgan fingerprint density at radius 2 is 1.95 bits per heavy atom. The van der Waals surface area contributed by atoms with Crippen LogP contribution in [0.5, 0.6) is 0 Å². The lowest BCUT2D eigenvalue weighted by Gasteiger charge is -2.26. The van der Waals surface area contributed by atoms with Crippen molar-refractivity contribution in [2.45, 2.75) is 26.2 Å². The highest BCUT2D eigenvalue weighted by atomic mass is 32.1. The van der Waals surface area contributed by atoms with Crippen LogP contribution in [-0.4, -0.2) is 31.2 Å². The van der Waals surface area contributed by atoms with E-state index in [0.29, 0.717) is 0 Å². The summed E-state index contributed by atoms with van der Waals surface area (Å²) in [6, 6.07) is 6.71. The third-order valence-corrected chi connectivity index (χ3v) is 4.73. The Morgan fingerprint density at radius 3 is 2.63 bits per heavy atom. The van der Waals surface area contributed by atoms with Crippen molar-refractivity contribution in [3.63, 3.8) is 0 Å². The van der Waals surface area contributed by atoms with Gasteiger partial charge in [0.15, 0.2) is 5.13 Å². The first-order valence-electron chi connectivity index (χ1n) is 6.91. The van der Waals surface area contributed by atoms with Crippen LogP contribution >= 0.6 is 11.3 Å². The first kappa shape index (κ1) is 12.9. The second kappa shape index (κ2) is 4.76. The smallest absolute Gasteiger partial charge is 0.186 e. The highest BCUT2D eigenvalue weighted by Crippen LogP contribution is 2.32. The molecule has 1 fully saturated rings. The summed E-state index contributed by atoms with van der Waals surface area (Å²) in [5, 5.41) is 4.55. The minimum absolute atomic E-state index is 0.188. The standard InChI is InChI=1S/C15H21N3S/c1-15(2,3)11-4-5-13-12(10-11)17-14(19-13)18-8-6-16-7-9-18/h4-5,10,16H,6-9H2,1-3H3. The predicted octanol–water partition coefficient (Wildman–Crippen LogP) is 3.00. The first-order valence-corrected chi connectivity index (χ1v) is 7.72. The van der Waals surface area contributed by atoms with Crippen molar-refractivity contribution in [2.24, 2.45) is 0 Å². The van der Waals surface area contributed by atoms with Gasteiger partial charge in [0.05, 0.1) is 10.2 Å². The van der Waals surface area contributed by atoms with Crippen LogP contribution in [0.15, 0.2) is 18.2 Å². The molecule has 1 aromatic carbocycles. The van der Waals surface area contributed by atoms with Crippen LogP contribution in [-0.2, 0) is 5.41 Å². The first-order chi connectivity index (χ1) is 9.04. The Labute approximate surface area is 118 Å². The van der Waals surface area contributed by atoms with Crippen molar-refractivity contribution in [3.8, 4) is 0 Å². The highest BCUT2D eigenvalue weighted by molar-refractivity contribution is 7.22. The van der Waals surface area contributed by atoms with E-state index in [9.17, 15) is 0 Å². The van der Waals surface area contributed by atoms with Crippen LogP contribution in [0.25, 0.3) is 10.2 Å². The Bertz CT molecular complexity index is 577. The fraction of sp³-hybridized carbons (Fsp3) is 0.533. The van der Waals surface area contributed by atoms with Gasteiger partial charge in [-0.15, -0.1) is 0 Å². The molecule has 19 heavy (non-hydrogen) atoms. The molecule has 0 unspecified atom stereocenters.